The monoisotopic (exact) mass is 296 g/mol. The fourth-order valence-electron chi connectivity index (χ4n) is 1.99. The number of hydrazone groups is 1. The van der Waals surface area contributed by atoms with Crippen LogP contribution in [0.15, 0.2) is 59.0 Å². The maximum absolute atomic E-state index is 12.1. The van der Waals surface area contributed by atoms with E-state index in [0.29, 0.717) is 0 Å². The second kappa shape index (κ2) is 5.76. The smallest absolute Gasteiger partial charge is 0.275 e. The van der Waals surface area contributed by atoms with Gasteiger partial charge in [-0.25, -0.2) is 5.43 Å². The Labute approximate surface area is 125 Å². The van der Waals surface area contributed by atoms with Crippen LogP contribution in [0.5, 0.6) is 5.75 Å². The number of benzene rings is 2. The normalized spacial score (nSPS) is 11.0. The van der Waals surface area contributed by atoms with E-state index in [0.717, 1.165) is 15.6 Å². The molecule has 4 nitrogen and oxygen atoms in total. The van der Waals surface area contributed by atoms with Gasteiger partial charge in [0.05, 0.1) is 11.8 Å². The summed E-state index contributed by atoms with van der Waals surface area (Å²) in [6, 6.07) is 14.6. The second-order valence-electron chi connectivity index (χ2n) is 4.43. The number of amides is 1. The average molecular weight is 296 g/mol. The molecule has 0 fully saturated rings. The summed E-state index contributed by atoms with van der Waals surface area (Å²) in [4.78, 5) is 13.0. The summed E-state index contributed by atoms with van der Waals surface area (Å²) in [7, 11) is 0. The van der Waals surface area contributed by atoms with Crippen molar-refractivity contribution < 1.29 is 9.90 Å². The first-order valence-corrected chi connectivity index (χ1v) is 7.21. The van der Waals surface area contributed by atoms with Gasteiger partial charge in [-0.1, -0.05) is 30.3 Å². The van der Waals surface area contributed by atoms with Crippen LogP contribution in [0.4, 0.5) is 0 Å². The van der Waals surface area contributed by atoms with Crippen molar-refractivity contribution in [2.75, 3.05) is 0 Å². The lowest BCUT2D eigenvalue weighted by Gasteiger charge is -2.05. The third kappa shape index (κ3) is 2.93. The Morgan fingerprint density at radius 3 is 2.62 bits per heavy atom. The minimum absolute atomic E-state index is 0.0578. The third-order valence-corrected chi connectivity index (χ3v) is 3.82. The maximum Gasteiger partial charge on any atom is 0.275 e. The van der Waals surface area contributed by atoms with E-state index in [2.05, 4.69) is 10.5 Å². The van der Waals surface area contributed by atoms with Crippen molar-refractivity contribution >= 4 is 34.2 Å². The molecule has 0 bridgehead atoms. The Morgan fingerprint density at radius 2 is 1.90 bits per heavy atom. The van der Waals surface area contributed by atoms with E-state index in [1.165, 1.54) is 11.3 Å². The molecular formula is C16H12N2O2S. The van der Waals surface area contributed by atoms with E-state index < -0.39 is 5.91 Å². The molecule has 3 rings (SSSR count). The van der Waals surface area contributed by atoms with Crippen LogP contribution < -0.4 is 5.43 Å². The third-order valence-electron chi connectivity index (χ3n) is 3.01. The maximum atomic E-state index is 12.1. The molecule has 1 heterocycles. The number of carbonyl (C=O) groups excluding carboxylic acids is 1. The number of thiophene rings is 1. The van der Waals surface area contributed by atoms with Crippen LogP contribution in [0, 0.1) is 0 Å². The number of nitrogens with zero attached hydrogens (tertiary/aromatic N) is 1. The molecule has 0 saturated carbocycles. The largest absolute Gasteiger partial charge is 0.507 e. The van der Waals surface area contributed by atoms with E-state index in [1.807, 2.05) is 41.8 Å². The molecule has 104 valence electrons. The molecule has 2 aromatic carbocycles. The van der Waals surface area contributed by atoms with E-state index in [9.17, 15) is 9.90 Å². The molecular weight excluding hydrogens is 284 g/mol. The molecule has 1 aromatic heterocycles. The van der Waals surface area contributed by atoms with E-state index in [4.69, 9.17) is 0 Å². The SMILES string of the molecule is O=C(N/N=C\c1cccs1)c1cc2ccccc2cc1O. The van der Waals surface area contributed by atoms with E-state index in [-0.39, 0.29) is 11.3 Å². The van der Waals surface area contributed by atoms with E-state index in [1.54, 1.807) is 18.3 Å². The van der Waals surface area contributed by atoms with Gasteiger partial charge in [-0.2, -0.15) is 5.10 Å². The van der Waals surface area contributed by atoms with Crippen molar-refractivity contribution in [3.8, 4) is 5.75 Å². The Bertz CT molecular complexity index is 810. The quantitative estimate of drug-likeness (QED) is 0.575. The summed E-state index contributed by atoms with van der Waals surface area (Å²) < 4.78 is 0. The van der Waals surface area contributed by atoms with Crippen LogP contribution in [0.25, 0.3) is 10.8 Å². The summed E-state index contributed by atoms with van der Waals surface area (Å²) in [6.45, 7) is 0. The Balaban J connectivity index is 1.82. The molecule has 21 heavy (non-hydrogen) atoms. The number of hydrogen-bond donors (Lipinski definition) is 2. The van der Waals surface area contributed by atoms with Gasteiger partial charge in [0.1, 0.15) is 5.75 Å². The molecule has 0 unspecified atom stereocenters. The molecule has 0 atom stereocenters. The van der Waals surface area contributed by atoms with Crippen molar-refractivity contribution in [3.63, 3.8) is 0 Å². The number of phenolic OH excluding ortho intramolecular Hbond substituents is 1. The fraction of sp³-hybridized carbons (Fsp3) is 0. The first kappa shape index (κ1) is 13.3. The first-order valence-electron chi connectivity index (χ1n) is 6.33. The van der Waals surface area contributed by atoms with Crippen LogP contribution in [-0.4, -0.2) is 17.2 Å². The summed E-state index contributed by atoms with van der Waals surface area (Å²) in [5, 5.41) is 17.5. The highest BCUT2D eigenvalue weighted by Gasteiger charge is 2.11. The molecule has 0 aliphatic rings. The number of aromatic hydroxyl groups is 1. The number of fused-ring (bicyclic) bond motifs is 1. The number of hydrogen-bond acceptors (Lipinski definition) is 4. The average Bonchev–Trinajstić information content (AvgIpc) is 2.99. The molecule has 3 aromatic rings. The van der Waals surface area contributed by atoms with Crippen LogP contribution in [0.1, 0.15) is 15.2 Å². The zero-order chi connectivity index (χ0) is 14.7. The molecule has 1 amide bonds. The van der Waals surface area contributed by atoms with E-state index >= 15 is 0 Å². The lowest BCUT2D eigenvalue weighted by atomic mass is 10.1. The summed E-state index contributed by atoms with van der Waals surface area (Å²) in [6.07, 6.45) is 1.57. The van der Waals surface area contributed by atoms with Crippen molar-refractivity contribution in [1.82, 2.24) is 5.43 Å². The Hall–Kier alpha value is -2.66. The van der Waals surface area contributed by atoms with Crippen LogP contribution in [0.2, 0.25) is 0 Å². The topological polar surface area (TPSA) is 61.7 Å². The number of rotatable bonds is 3. The van der Waals surface area contributed by atoms with Gasteiger partial charge in [0.15, 0.2) is 0 Å². The highest BCUT2D eigenvalue weighted by Crippen LogP contribution is 2.24. The van der Waals surface area contributed by atoms with Gasteiger partial charge in [0.2, 0.25) is 0 Å². The summed E-state index contributed by atoms with van der Waals surface area (Å²) >= 11 is 1.53. The van der Waals surface area contributed by atoms with Crippen LogP contribution >= 0.6 is 11.3 Å². The second-order valence-corrected chi connectivity index (χ2v) is 5.41. The van der Waals surface area contributed by atoms with Gasteiger partial charge < -0.3 is 5.11 Å². The van der Waals surface area contributed by atoms with Gasteiger partial charge in [-0.15, -0.1) is 11.3 Å². The first-order chi connectivity index (χ1) is 10.2. The standard InChI is InChI=1S/C16H12N2O2S/c19-15-9-12-5-2-1-4-11(12)8-14(15)16(20)18-17-10-13-6-3-7-21-13/h1-10,19H,(H,18,20)/b17-10-. The predicted octanol–water partition coefficient (Wildman–Crippen LogP) is 3.37. The number of nitrogens with one attached hydrogen (secondary N) is 1. The number of phenols is 1. The van der Waals surface area contributed by atoms with Crippen LogP contribution in [0.3, 0.4) is 0 Å². The minimum Gasteiger partial charge on any atom is -0.507 e. The van der Waals surface area contributed by atoms with Crippen molar-refractivity contribution in [1.29, 1.82) is 0 Å². The fourth-order valence-corrected chi connectivity index (χ4v) is 2.57. The lowest BCUT2D eigenvalue weighted by Crippen LogP contribution is -2.17. The summed E-state index contributed by atoms with van der Waals surface area (Å²) in [5.41, 5.74) is 2.63. The predicted molar refractivity (Wildman–Crippen MR) is 85.0 cm³/mol. The molecule has 0 aliphatic heterocycles. The lowest BCUT2D eigenvalue weighted by molar-refractivity contribution is 0.0952. The highest BCUT2D eigenvalue weighted by molar-refractivity contribution is 7.11. The molecule has 0 saturated heterocycles. The Kier molecular flexibility index (Phi) is 3.66. The molecule has 2 N–H and O–H groups in total. The van der Waals surface area contributed by atoms with Crippen molar-refractivity contribution in [2.24, 2.45) is 5.10 Å². The molecule has 0 spiro atoms. The van der Waals surface area contributed by atoms with Crippen molar-refractivity contribution in [3.05, 3.63) is 64.4 Å². The zero-order valence-electron chi connectivity index (χ0n) is 11.0. The van der Waals surface area contributed by atoms with Gasteiger partial charge in [-0.3, -0.25) is 4.79 Å². The summed E-state index contributed by atoms with van der Waals surface area (Å²) in [5.74, 6) is -0.497. The minimum atomic E-state index is -0.439. The van der Waals surface area contributed by atoms with Gasteiger partial charge in [0, 0.05) is 4.88 Å². The van der Waals surface area contributed by atoms with Gasteiger partial charge in [0.25, 0.3) is 5.91 Å². The molecule has 5 heteroatoms. The van der Waals surface area contributed by atoms with Gasteiger partial charge in [-0.05, 0) is 34.4 Å². The van der Waals surface area contributed by atoms with Crippen molar-refractivity contribution in [2.45, 2.75) is 0 Å². The zero-order valence-corrected chi connectivity index (χ0v) is 11.8. The molecule has 0 aliphatic carbocycles. The highest BCUT2D eigenvalue weighted by atomic mass is 32.1. The molecule has 0 radical (unpaired) electrons. The van der Waals surface area contributed by atoms with Gasteiger partial charge >= 0.3 is 0 Å². The van der Waals surface area contributed by atoms with Crippen LogP contribution in [-0.2, 0) is 0 Å². The Morgan fingerprint density at radius 1 is 1.14 bits per heavy atom. The number of carbonyl (C=O) groups is 1.